The van der Waals surface area contributed by atoms with E-state index in [1.165, 1.54) is 24.3 Å². The summed E-state index contributed by atoms with van der Waals surface area (Å²) in [5.41, 5.74) is 1.86. The molecular weight excluding hydrogens is 378 g/mol. The molecule has 0 fully saturated rings. The van der Waals surface area contributed by atoms with Crippen LogP contribution in [0.3, 0.4) is 0 Å². The zero-order valence-electron chi connectivity index (χ0n) is 15.0. The molecule has 0 unspecified atom stereocenters. The van der Waals surface area contributed by atoms with Crippen LogP contribution in [0.1, 0.15) is 16.3 Å². The molecule has 28 heavy (non-hydrogen) atoms. The molecule has 0 atom stereocenters. The smallest absolute Gasteiger partial charge is 0.271 e. The molecule has 0 radical (unpaired) electrons. The van der Waals surface area contributed by atoms with Gasteiger partial charge in [-0.15, -0.1) is 11.3 Å². The predicted octanol–water partition coefficient (Wildman–Crippen LogP) is 4.59. The second-order valence-electron chi connectivity index (χ2n) is 5.81. The van der Waals surface area contributed by atoms with Crippen molar-refractivity contribution in [1.82, 2.24) is 4.98 Å². The van der Waals surface area contributed by atoms with Crippen molar-refractivity contribution in [2.75, 3.05) is 5.32 Å². The average Bonchev–Trinajstić information content (AvgIpc) is 3.11. The number of rotatable bonds is 7. The van der Waals surface area contributed by atoms with E-state index in [0.717, 1.165) is 16.3 Å². The van der Waals surface area contributed by atoms with Crippen molar-refractivity contribution in [3.8, 4) is 5.75 Å². The number of aromatic nitrogens is 1. The van der Waals surface area contributed by atoms with Crippen molar-refractivity contribution >= 4 is 34.7 Å². The molecule has 8 heteroatoms. The third-order valence-electron chi connectivity index (χ3n) is 3.70. The molecular formula is C20H17N3O4S. The number of hydrogen-bond acceptors (Lipinski definition) is 6. The fourth-order valence-electron chi connectivity index (χ4n) is 2.42. The van der Waals surface area contributed by atoms with E-state index in [-0.39, 0.29) is 5.69 Å². The number of nitro groups is 1. The SMILES string of the molecule is Cc1nc(COc2ccccc2/C=C/C(=O)Nc2cccc([N+](=O)[O-])c2)cs1. The first kappa shape index (κ1) is 19.2. The molecule has 0 saturated heterocycles. The maximum absolute atomic E-state index is 12.1. The summed E-state index contributed by atoms with van der Waals surface area (Å²) in [6, 6.07) is 13.1. The highest BCUT2D eigenvalue weighted by molar-refractivity contribution is 7.09. The minimum absolute atomic E-state index is 0.0854. The van der Waals surface area contributed by atoms with Crippen LogP contribution < -0.4 is 10.1 Å². The van der Waals surface area contributed by atoms with Gasteiger partial charge < -0.3 is 10.1 Å². The van der Waals surface area contributed by atoms with E-state index >= 15 is 0 Å². The van der Waals surface area contributed by atoms with Crippen molar-refractivity contribution in [2.45, 2.75) is 13.5 Å². The van der Waals surface area contributed by atoms with Crippen molar-refractivity contribution in [3.63, 3.8) is 0 Å². The summed E-state index contributed by atoms with van der Waals surface area (Å²) >= 11 is 1.56. The van der Waals surface area contributed by atoms with Gasteiger partial charge in [0.05, 0.1) is 15.6 Å². The standard InChI is InChI=1S/C20H17N3O4S/c1-14-21-17(13-28-14)12-27-19-8-3-2-5-15(19)9-10-20(24)22-16-6-4-7-18(11-16)23(25)26/h2-11,13H,12H2,1H3,(H,22,24)/b10-9+. The molecule has 0 spiro atoms. The molecule has 0 aliphatic heterocycles. The number of carbonyl (C=O) groups is 1. The molecule has 0 bridgehead atoms. The normalized spacial score (nSPS) is 10.8. The number of para-hydroxylation sites is 1. The topological polar surface area (TPSA) is 94.4 Å². The van der Waals surface area contributed by atoms with Crippen LogP contribution in [-0.4, -0.2) is 15.8 Å². The Balaban J connectivity index is 1.65. The van der Waals surface area contributed by atoms with Gasteiger partial charge in [-0.3, -0.25) is 14.9 Å². The first-order valence-corrected chi connectivity index (χ1v) is 9.25. The minimum atomic E-state index is -0.511. The number of benzene rings is 2. The molecule has 1 N–H and O–H groups in total. The van der Waals surface area contributed by atoms with E-state index in [9.17, 15) is 14.9 Å². The summed E-state index contributed by atoms with van der Waals surface area (Å²) < 4.78 is 5.82. The van der Waals surface area contributed by atoms with Crippen molar-refractivity contribution in [2.24, 2.45) is 0 Å². The first-order valence-electron chi connectivity index (χ1n) is 8.37. The Kier molecular flexibility index (Phi) is 6.13. The van der Waals surface area contributed by atoms with Crippen LogP contribution in [-0.2, 0) is 11.4 Å². The van der Waals surface area contributed by atoms with Gasteiger partial charge in [0.15, 0.2) is 0 Å². The summed E-state index contributed by atoms with van der Waals surface area (Å²) in [6.07, 6.45) is 2.99. The number of non-ortho nitro benzene ring substituents is 1. The number of nitrogens with zero attached hydrogens (tertiary/aromatic N) is 2. The molecule has 0 aliphatic rings. The number of thiazole rings is 1. The molecule has 1 heterocycles. The molecule has 3 aromatic rings. The molecule has 142 valence electrons. The summed E-state index contributed by atoms with van der Waals surface area (Å²) in [5.74, 6) is 0.234. The third kappa shape index (κ3) is 5.24. The number of ether oxygens (including phenoxy) is 1. The Bertz CT molecular complexity index is 1030. The van der Waals surface area contributed by atoms with Gasteiger partial charge in [-0.25, -0.2) is 4.98 Å². The van der Waals surface area contributed by atoms with Crippen molar-refractivity contribution in [3.05, 3.63) is 86.4 Å². The lowest BCUT2D eigenvalue weighted by molar-refractivity contribution is -0.384. The van der Waals surface area contributed by atoms with Gasteiger partial charge in [0.25, 0.3) is 5.69 Å². The van der Waals surface area contributed by atoms with Crippen LogP contribution in [0.4, 0.5) is 11.4 Å². The fourth-order valence-corrected chi connectivity index (χ4v) is 3.02. The molecule has 2 aromatic carbocycles. The predicted molar refractivity (Wildman–Crippen MR) is 108 cm³/mol. The van der Waals surface area contributed by atoms with E-state index in [4.69, 9.17) is 4.74 Å². The maximum atomic E-state index is 12.1. The Morgan fingerprint density at radius 3 is 2.86 bits per heavy atom. The van der Waals surface area contributed by atoms with E-state index in [1.54, 1.807) is 23.5 Å². The van der Waals surface area contributed by atoms with E-state index in [0.29, 0.717) is 18.0 Å². The van der Waals surface area contributed by atoms with E-state index < -0.39 is 10.8 Å². The number of nitro benzene ring substituents is 1. The van der Waals surface area contributed by atoms with Crippen LogP contribution in [0.2, 0.25) is 0 Å². The lowest BCUT2D eigenvalue weighted by atomic mass is 10.2. The second-order valence-corrected chi connectivity index (χ2v) is 6.88. The van der Waals surface area contributed by atoms with Gasteiger partial charge in [-0.05, 0) is 25.1 Å². The molecule has 0 aliphatic carbocycles. The third-order valence-corrected chi connectivity index (χ3v) is 4.52. The highest BCUT2D eigenvalue weighted by atomic mass is 32.1. The van der Waals surface area contributed by atoms with Crippen LogP contribution in [0.5, 0.6) is 5.75 Å². The summed E-state index contributed by atoms with van der Waals surface area (Å²) in [7, 11) is 0. The zero-order chi connectivity index (χ0) is 19.9. The van der Waals surface area contributed by atoms with Gasteiger partial charge in [0.1, 0.15) is 12.4 Å². The largest absolute Gasteiger partial charge is 0.487 e. The molecule has 1 aromatic heterocycles. The zero-order valence-corrected chi connectivity index (χ0v) is 15.8. The van der Waals surface area contributed by atoms with Gasteiger partial charge in [-0.1, -0.05) is 24.3 Å². The number of nitrogens with one attached hydrogen (secondary N) is 1. The van der Waals surface area contributed by atoms with Gasteiger partial charge in [-0.2, -0.15) is 0 Å². The number of carbonyl (C=O) groups excluding carboxylic acids is 1. The lowest BCUT2D eigenvalue weighted by Gasteiger charge is -2.08. The van der Waals surface area contributed by atoms with Gasteiger partial charge in [0, 0.05) is 34.8 Å². The second kappa shape index (κ2) is 8.92. The number of aryl methyl sites for hydroxylation is 1. The Morgan fingerprint density at radius 2 is 2.11 bits per heavy atom. The Hall–Kier alpha value is -3.52. The van der Waals surface area contributed by atoms with Crippen molar-refractivity contribution < 1.29 is 14.5 Å². The van der Waals surface area contributed by atoms with E-state index in [2.05, 4.69) is 10.3 Å². The molecule has 3 rings (SSSR count). The number of amides is 1. The number of anilines is 1. The summed E-state index contributed by atoms with van der Waals surface area (Å²) in [4.78, 5) is 26.8. The molecule has 7 nitrogen and oxygen atoms in total. The molecule has 1 amide bonds. The quantitative estimate of drug-likeness (QED) is 0.359. The lowest BCUT2D eigenvalue weighted by Crippen LogP contribution is -2.08. The Labute approximate surface area is 165 Å². The highest BCUT2D eigenvalue weighted by Crippen LogP contribution is 2.22. The molecule has 0 saturated carbocycles. The van der Waals surface area contributed by atoms with E-state index in [1.807, 2.05) is 36.6 Å². The van der Waals surface area contributed by atoms with Gasteiger partial charge >= 0.3 is 0 Å². The number of hydrogen-bond donors (Lipinski definition) is 1. The fraction of sp³-hybridized carbons (Fsp3) is 0.100. The Morgan fingerprint density at radius 1 is 1.29 bits per heavy atom. The van der Waals surface area contributed by atoms with Crippen LogP contribution in [0.15, 0.2) is 60.0 Å². The van der Waals surface area contributed by atoms with Gasteiger partial charge in [0.2, 0.25) is 5.91 Å². The van der Waals surface area contributed by atoms with Crippen LogP contribution in [0, 0.1) is 17.0 Å². The highest BCUT2D eigenvalue weighted by Gasteiger charge is 2.07. The minimum Gasteiger partial charge on any atom is -0.487 e. The van der Waals surface area contributed by atoms with Crippen LogP contribution >= 0.6 is 11.3 Å². The average molecular weight is 395 g/mol. The van der Waals surface area contributed by atoms with Crippen LogP contribution in [0.25, 0.3) is 6.08 Å². The summed E-state index contributed by atoms with van der Waals surface area (Å²) in [5, 5.41) is 16.3. The monoisotopic (exact) mass is 395 g/mol. The summed E-state index contributed by atoms with van der Waals surface area (Å²) in [6.45, 7) is 2.28. The maximum Gasteiger partial charge on any atom is 0.271 e. The first-order chi connectivity index (χ1) is 13.5. The van der Waals surface area contributed by atoms with Crippen molar-refractivity contribution in [1.29, 1.82) is 0 Å².